The molecule has 0 fully saturated rings. The van der Waals surface area contributed by atoms with Gasteiger partial charge in [-0.1, -0.05) is 25.1 Å². The number of carbonyl (C=O) groups excluding carboxylic acids is 1. The van der Waals surface area contributed by atoms with E-state index in [1.807, 2.05) is 13.0 Å². The van der Waals surface area contributed by atoms with Gasteiger partial charge in [0.15, 0.2) is 5.78 Å². The van der Waals surface area contributed by atoms with E-state index in [0.717, 1.165) is 12.0 Å². The molecule has 1 unspecified atom stereocenters. The average Bonchev–Trinajstić information content (AvgIpc) is 2.45. The number of phenolic OH excluding ortho intramolecular Hbond substituents is 1. The molecule has 0 amide bonds. The Kier molecular flexibility index (Phi) is 5.42. The van der Waals surface area contributed by atoms with Crippen molar-refractivity contribution in [2.45, 2.75) is 32.1 Å². The predicted octanol–water partition coefficient (Wildman–Crippen LogP) is 2.74. The number of hydrogen-bond acceptors (Lipinski definition) is 3. The Hall–Kier alpha value is -1.88. The van der Waals surface area contributed by atoms with E-state index in [1.165, 1.54) is 6.08 Å². The Morgan fingerprint density at radius 1 is 1.35 bits per heavy atom. The third-order valence-corrected chi connectivity index (χ3v) is 4.38. The Balaban J connectivity index is 2.31. The predicted molar refractivity (Wildman–Crippen MR) is 86.7 cm³/mol. The fourth-order valence-corrected chi connectivity index (χ4v) is 3.27. The minimum Gasteiger partial charge on any atom is -0.508 e. The summed E-state index contributed by atoms with van der Waals surface area (Å²) in [6, 6.07) is 6.82. The number of carbonyl (C=O) groups is 1. The molecule has 2 rings (SSSR count). The second-order valence-corrected chi connectivity index (χ2v) is 6.80. The fraction of sp³-hybridized carbons (Fsp3) is 0.312. The van der Waals surface area contributed by atoms with Crippen LogP contribution in [-0.2, 0) is 9.36 Å². The number of hydrogen-bond donors (Lipinski definition) is 4. The summed E-state index contributed by atoms with van der Waals surface area (Å²) in [6.07, 6.45) is 4.37. The Morgan fingerprint density at radius 3 is 2.70 bits per heavy atom. The van der Waals surface area contributed by atoms with Gasteiger partial charge in [0.2, 0.25) is 0 Å². The zero-order chi connectivity index (χ0) is 17.0. The monoisotopic (exact) mass is 337 g/mol. The smallest absolute Gasteiger partial charge is 0.427 e. The summed E-state index contributed by atoms with van der Waals surface area (Å²) in [7, 11) is -4.46. The molecule has 6 nitrogen and oxygen atoms in total. The van der Waals surface area contributed by atoms with E-state index in [1.54, 1.807) is 24.3 Å². The average molecular weight is 337 g/mol. The van der Waals surface area contributed by atoms with Crippen LogP contribution in [0.3, 0.4) is 0 Å². The lowest BCUT2D eigenvalue weighted by molar-refractivity contribution is -0.111. The summed E-state index contributed by atoms with van der Waals surface area (Å²) in [5.74, 6) is -0.120. The molecule has 124 valence electrons. The number of allylic oxidation sites excluding steroid dienone is 3. The molecule has 0 spiro atoms. The lowest BCUT2D eigenvalue weighted by atomic mass is 9.86. The van der Waals surface area contributed by atoms with Gasteiger partial charge < -0.3 is 14.9 Å². The maximum Gasteiger partial charge on any atom is 0.427 e. The molecule has 23 heavy (non-hydrogen) atoms. The van der Waals surface area contributed by atoms with Crippen LogP contribution in [0.4, 0.5) is 0 Å². The molecule has 1 aromatic rings. The molecule has 0 bridgehead atoms. The Morgan fingerprint density at radius 2 is 2.09 bits per heavy atom. The van der Waals surface area contributed by atoms with Gasteiger partial charge in [0.05, 0.1) is 0 Å². The van der Waals surface area contributed by atoms with Crippen molar-refractivity contribution in [2.75, 3.05) is 0 Å². The number of ketones is 1. The van der Waals surface area contributed by atoms with Gasteiger partial charge in [0.1, 0.15) is 5.75 Å². The maximum atomic E-state index is 12.2. The Bertz CT molecular complexity index is 704. The summed E-state index contributed by atoms with van der Waals surface area (Å²) in [5.41, 5.74) is 1.54. The van der Waals surface area contributed by atoms with Gasteiger partial charge in [0.25, 0.3) is 0 Å². The summed E-state index contributed by atoms with van der Waals surface area (Å²) in [4.78, 5) is 30.4. The van der Waals surface area contributed by atoms with Crippen molar-refractivity contribution in [3.05, 3.63) is 53.3 Å². The van der Waals surface area contributed by atoms with Gasteiger partial charge in [-0.15, -0.1) is 0 Å². The second-order valence-electron chi connectivity index (χ2n) is 5.49. The van der Waals surface area contributed by atoms with Gasteiger partial charge in [-0.3, -0.25) is 9.88 Å². The SMILES string of the molecule is CCC(CC1=C(NP(=O)(O)O)CC=CC1=O)c1cccc(O)c1. The number of phenols is 1. The number of nitrogens with one attached hydrogen (secondary N) is 1. The van der Waals surface area contributed by atoms with Crippen LogP contribution in [0, 0.1) is 0 Å². The van der Waals surface area contributed by atoms with E-state index in [2.05, 4.69) is 5.09 Å². The standard InChI is InChI=1S/C16H20NO5P/c1-2-11(12-5-3-6-13(18)9-12)10-14-15(17-23(20,21)22)7-4-8-16(14)19/h3-6,8-9,11,18H,2,7,10H2,1H3,(H3,17,20,21,22). The first-order chi connectivity index (χ1) is 10.8. The highest BCUT2D eigenvalue weighted by atomic mass is 31.2. The van der Waals surface area contributed by atoms with Crippen molar-refractivity contribution in [1.82, 2.24) is 5.09 Å². The zero-order valence-corrected chi connectivity index (χ0v) is 13.7. The number of aromatic hydroxyl groups is 1. The largest absolute Gasteiger partial charge is 0.508 e. The second kappa shape index (κ2) is 7.13. The van der Waals surface area contributed by atoms with Crippen LogP contribution >= 0.6 is 7.75 Å². The number of rotatable bonds is 6. The summed E-state index contributed by atoms with van der Waals surface area (Å²) in [6.45, 7) is 1.97. The lowest BCUT2D eigenvalue weighted by Crippen LogP contribution is -2.19. The molecule has 0 radical (unpaired) electrons. The molecule has 1 aliphatic carbocycles. The van der Waals surface area contributed by atoms with Crippen molar-refractivity contribution >= 4 is 13.5 Å². The van der Waals surface area contributed by atoms with Crippen molar-refractivity contribution in [2.24, 2.45) is 0 Å². The van der Waals surface area contributed by atoms with Crippen LogP contribution in [-0.4, -0.2) is 20.7 Å². The minimum absolute atomic E-state index is 0.0267. The highest BCUT2D eigenvalue weighted by molar-refractivity contribution is 7.49. The molecular formula is C16H20NO5P. The molecule has 0 saturated heterocycles. The van der Waals surface area contributed by atoms with Crippen LogP contribution in [0.25, 0.3) is 0 Å². The molecule has 1 atom stereocenters. The topological polar surface area (TPSA) is 107 Å². The van der Waals surface area contributed by atoms with E-state index < -0.39 is 7.75 Å². The highest BCUT2D eigenvalue weighted by Crippen LogP contribution is 2.36. The van der Waals surface area contributed by atoms with Crippen molar-refractivity contribution < 1.29 is 24.3 Å². The van der Waals surface area contributed by atoms with Gasteiger partial charge in [-0.25, -0.2) is 4.57 Å². The first-order valence-electron chi connectivity index (χ1n) is 7.35. The molecule has 0 aromatic heterocycles. The first-order valence-corrected chi connectivity index (χ1v) is 8.97. The van der Waals surface area contributed by atoms with Crippen molar-refractivity contribution in [3.8, 4) is 5.75 Å². The maximum absolute atomic E-state index is 12.2. The summed E-state index contributed by atoms with van der Waals surface area (Å²) >= 11 is 0. The fourth-order valence-electron chi connectivity index (χ4n) is 2.69. The van der Waals surface area contributed by atoms with Crippen molar-refractivity contribution in [3.63, 3.8) is 0 Å². The van der Waals surface area contributed by atoms with Gasteiger partial charge in [-0.2, -0.15) is 0 Å². The molecule has 0 aliphatic heterocycles. The minimum atomic E-state index is -4.46. The molecule has 4 N–H and O–H groups in total. The quantitative estimate of drug-likeness (QED) is 0.595. The van der Waals surface area contributed by atoms with Crippen LogP contribution in [0.1, 0.15) is 37.7 Å². The van der Waals surface area contributed by atoms with E-state index in [4.69, 9.17) is 9.79 Å². The highest BCUT2D eigenvalue weighted by Gasteiger charge is 2.25. The van der Waals surface area contributed by atoms with Gasteiger partial charge in [0, 0.05) is 17.7 Å². The summed E-state index contributed by atoms with van der Waals surface area (Å²) < 4.78 is 11.2. The van der Waals surface area contributed by atoms with E-state index in [-0.39, 0.29) is 29.6 Å². The molecule has 0 heterocycles. The van der Waals surface area contributed by atoms with Crippen molar-refractivity contribution in [1.29, 1.82) is 0 Å². The van der Waals surface area contributed by atoms with Gasteiger partial charge in [-0.05, 0) is 42.5 Å². The van der Waals surface area contributed by atoms with E-state index >= 15 is 0 Å². The van der Waals surface area contributed by atoms with Crippen LogP contribution in [0.2, 0.25) is 0 Å². The third kappa shape index (κ3) is 4.79. The van der Waals surface area contributed by atoms with Crippen LogP contribution in [0.15, 0.2) is 47.7 Å². The molecule has 1 aromatic carbocycles. The van der Waals surface area contributed by atoms with Crippen LogP contribution < -0.4 is 5.09 Å². The normalized spacial score (nSPS) is 16.6. The molecule has 0 saturated carbocycles. The molecule has 7 heteroatoms. The lowest BCUT2D eigenvalue weighted by Gasteiger charge is -2.22. The summed E-state index contributed by atoms with van der Waals surface area (Å²) in [5, 5.41) is 11.8. The van der Waals surface area contributed by atoms with Crippen LogP contribution in [0.5, 0.6) is 5.75 Å². The van der Waals surface area contributed by atoms with Gasteiger partial charge >= 0.3 is 7.75 Å². The van der Waals surface area contributed by atoms with E-state index in [0.29, 0.717) is 12.0 Å². The third-order valence-electron chi connectivity index (χ3n) is 3.82. The first kappa shape index (κ1) is 17.5. The Labute approximate surface area is 134 Å². The zero-order valence-electron chi connectivity index (χ0n) is 12.8. The van der Waals surface area contributed by atoms with E-state index in [9.17, 15) is 14.5 Å². The molecule has 1 aliphatic rings. The molecular weight excluding hydrogens is 317 g/mol. The number of benzene rings is 1.